The number of anilines is 1. The summed E-state index contributed by atoms with van der Waals surface area (Å²) in [4.78, 5) is 12.0. The van der Waals surface area contributed by atoms with E-state index in [4.69, 9.17) is 9.47 Å². The molecule has 0 atom stereocenters. The molecule has 7 nitrogen and oxygen atoms in total. The van der Waals surface area contributed by atoms with Crippen LogP contribution in [0.1, 0.15) is 25.0 Å². The average Bonchev–Trinajstić information content (AvgIpc) is 2.67. The van der Waals surface area contributed by atoms with E-state index < -0.39 is 6.03 Å². The smallest absolute Gasteiger partial charge is 0.339 e. The van der Waals surface area contributed by atoms with E-state index in [1.54, 1.807) is 42.5 Å². The number of hydrogen-bond acceptors (Lipinski definition) is 5. The van der Waals surface area contributed by atoms with Gasteiger partial charge in [0.1, 0.15) is 5.75 Å². The van der Waals surface area contributed by atoms with Crippen LogP contribution in [-0.4, -0.2) is 30.6 Å². The van der Waals surface area contributed by atoms with E-state index >= 15 is 0 Å². The maximum Gasteiger partial charge on any atom is 0.339 e. The molecule has 0 aliphatic rings. The standard InChI is InChI=1S/C21H25N3O4/c1-4-7-16-12-15(13-19(20(16)25)28-6-3)14-22-24-21(26)23-17-8-10-18(11-9-17)27-5-2/h4,8-14,25H,1,5-7H2,2-3H3,(H2,23,24,26)/b22-14+. The summed E-state index contributed by atoms with van der Waals surface area (Å²) in [7, 11) is 0. The lowest BCUT2D eigenvalue weighted by atomic mass is 10.1. The summed E-state index contributed by atoms with van der Waals surface area (Å²) in [5, 5.41) is 16.8. The molecule has 0 saturated heterocycles. The van der Waals surface area contributed by atoms with E-state index in [0.29, 0.717) is 42.2 Å². The van der Waals surface area contributed by atoms with Crippen LogP contribution in [0.15, 0.2) is 54.2 Å². The van der Waals surface area contributed by atoms with Crippen molar-refractivity contribution in [2.45, 2.75) is 20.3 Å². The average molecular weight is 383 g/mol. The minimum Gasteiger partial charge on any atom is -0.504 e. The SMILES string of the molecule is C=CCc1cc(/C=N/NC(=O)Nc2ccc(OCC)cc2)cc(OCC)c1O. The van der Waals surface area contributed by atoms with Gasteiger partial charge in [-0.15, -0.1) is 6.58 Å². The quantitative estimate of drug-likeness (QED) is 0.346. The molecule has 2 aromatic carbocycles. The third-order valence-electron chi connectivity index (χ3n) is 3.64. The van der Waals surface area contributed by atoms with Gasteiger partial charge in [0.05, 0.1) is 19.4 Å². The van der Waals surface area contributed by atoms with Gasteiger partial charge in [-0.2, -0.15) is 5.10 Å². The number of carbonyl (C=O) groups excluding carboxylic acids is 1. The van der Waals surface area contributed by atoms with Gasteiger partial charge in [-0.1, -0.05) is 6.08 Å². The molecule has 0 radical (unpaired) electrons. The number of nitrogens with one attached hydrogen (secondary N) is 2. The van der Waals surface area contributed by atoms with Crippen molar-refractivity contribution < 1.29 is 19.4 Å². The molecule has 0 fully saturated rings. The number of hydrazone groups is 1. The topological polar surface area (TPSA) is 92.2 Å². The van der Waals surface area contributed by atoms with E-state index in [2.05, 4.69) is 22.4 Å². The fraction of sp³-hybridized carbons (Fsp3) is 0.238. The summed E-state index contributed by atoms with van der Waals surface area (Å²) in [6.45, 7) is 8.43. The lowest BCUT2D eigenvalue weighted by molar-refractivity contribution is 0.252. The van der Waals surface area contributed by atoms with E-state index in [1.165, 1.54) is 6.21 Å². The van der Waals surface area contributed by atoms with Crippen molar-refractivity contribution in [2.75, 3.05) is 18.5 Å². The van der Waals surface area contributed by atoms with Crippen molar-refractivity contribution in [2.24, 2.45) is 5.10 Å². The molecule has 0 aliphatic carbocycles. The van der Waals surface area contributed by atoms with Crippen LogP contribution >= 0.6 is 0 Å². The van der Waals surface area contributed by atoms with Gasteiger partial charge in [0.2, 0.25) is 0 Å². The zero-order chi connectivity index (χ0) is 20.4. The Morgan fingerprint density at radius 2 is 1.89 bits per heavy atom. The number of rotatable bonds is 9. The van der Waals surface area contributed by atoms with Crippen molar-refractivity contribution in [3.05, 3.63) is 60.2 Å². The maximum atomic E-state index is 12.0. The van der Waals surface area contributed by atoms with Crippen LogP contribution < -0.4 is 20.2 Å². The Morgan fingerprint density at radius 1 is 1.18 bits per heavy atom. The van der Waals surface area contributed by atoms with Gasteiger partial charge in [0.15, 0.2) is 11.5 Å². The summed E-state index contributed by atoms with van der Waals surface area (Å²) < 4.78 is 10.8. The summed E-state index contributed by atoms with van der Waals surface area (Å²) in [6, 6.07) is 9.96. The number of nitrogens with zero attached hydrogens (tertiary/aromatic N) is 1. The van der Waals surface area contributed by atoms with Crippen LogP contribution in [0.4, 0.5) is 10.5 Å². The molecule has 0 heterocycles. The first-order valence-corrected chi connectivity index (χ1v) is 8.99. The Kier molecular flexibility index (Phi) is 7.90. The lowest BCUT2D eigenvalue weighted by Gasteiger charge is -2.11. The number of aromatic hydroxyl groups is 1. The lowest BCUT2D eigenvalue weighted by Crippen LogP contribution is -2.24. The monoisotopic (exact) mass is 383 g/mol. The molecule has 0 unspecified atom stereocenters. The maximum absolute atomic E-state index is 12.0. The van der Waals surface area contributed by atoms with Gasteiger partial charge in [-0.3, -0.25) is 0 Å². The fourth-order valence-corrected chi connectivity index (χ4v) is 2.47. The second-order valence-electron chi connectivity index (χ2n) is 5.73. The highest BCUT2D eigenvalue weighted by molar-refractivity contribution is 5.90. The number of urea groups is 1. The molecule has 0 saturated carbocycles. The zero-order valence-electron chi connectivity index (χ0n) is 16.1. The highest BCUT2D eigenvalue weighted by atomic mass is 16.5. The van der Waals surface area contributed by atoms with Gasteiger partial charge < -0.3 is 19.9 Å². The second kappa shape index (κ2) is 10.6. The molecule has 0 spiro atoms. The fourth-order valence-electron chi connectivity index (χ4n) is 2.47. The molecule has 7 heteroatoms. The minimum absolute atomic E-state index is 0.0834. The molecule has 2 rings (SSSR count). The van der Waals surface area contributed by atoms with Gasteiger partial charge in [0.25, 0.3) is 0 Å². The van der Waals surface area contributed by atoms with E-state index in [-0.39, 0.29) is 5.75 Å². The second-order valence-corrected chi connectivity index (χ2v) is 5.73. The van der Waals surface area contributed by atoms with Crippen molar-refractivity contribution in [3.8, 4) is 17.2 Å². The molecule has 0 aliphatic heterocycles. The Balaban J connectivity index is 2.00. The normalized spacial score (nSPS) is 10.5. The van der Waals surface area contributed by atoms with Crippen molar-refractivity contribution in [3.63, 3.8) is 0 Å². The molecule has 2 amide bonds. The van der Waals surface area contributed by atoms with E-state index in [9.17, 15) is 9.90 Å². The molecule has 0 aromatic heterocycles. The molecular formula is C21H25N3O4. The van der Waals surface area contributed by atoms with Gasteiger partial charge >= 0.3 is 6.03 Å². The van der Waals surface area contributed by atoms with Gasteiger partial charge in [0, 0.05) is 11.3 Å². The minimum atomic E-state index is -0.476. The van der Waals surface area contributed by atoms with Gasteiger partial charge in [-0.25, -0.2) is 10.2 Å². The predicted molar refractivity (Wildman–Crippen MR) is 111 cm³/mol. The number of hydrogen-bond donors (Lipinski definition) is 3. The number of ether oxygens (including phenoxy) is 2. The third-order valence-corrected chi connectivity index (χ3v) is 3.64. The largest absolute Gasteiger partial charge is 0.504 e. The van der Waals surface area contributed by atoms with Crippen LogP contribution in [-0.2, 0) is 6.42 Å². The first-order chi connectivity index (χ1) is 13.6. The number of amides is 2. The predicted octanol–water partition coefficient (Wildman–Crippen LogP) is 4.07. The van der Waals surface area contributed by atoms with Crippen LogP contribution in [0.3, 0.4) is 0 Å². The number of allylic oxidation sites excluding steroid dienone is 1. The Bertz CT molecular complexity index is 832. The summed E-state index contributed by atoms with van der Waals surface area (Å²) in [6.07, 6.45) is 3.65. The molecular weight excluding hydrogens is 358 g/mol. The van der Waals surface area contributed by atoms with Gasteiger partial charge in [-0.05, 0) is 62.2 Å². The number of phenolic OH excluding ortho intramolecular Hbond substituents is 1. The van der Waals surface area contributed by atoms with E-state index in [1.807, 2.05) is 13.8 Å². The molecule has 148 valence electrons. The zero-order valence-corrected chi connectivity index (χ0v) is 16.1. The first-order valence-electron chi connectivity index (χ1n) is 8.99. The number of phenols is 1. The molecule has 0 bridgehead atoms. The summed E-state index contributed by atoms with van der Waals surface area (Å²) in [5.41, 5.74) is 4.37. The van der Waals surface area contributed by atoms with E-state index in [0.717, 1.165) is 5.75 Å². The van der Waals surface area contributed by atoms with Crippen molar-refractivity contribution in [1.29, 1.82) is 0 Å². The van der Waals surface area contributed by atoms with Crippen LogP contribution in [0.5, 0.6) is 17.2 Å². The molecule has 2 aromatic rings. The van der Waals surface area contributed by atoms with Crippen LogP contribution in [0.25, 0.3) is 0 Å². The Morgan fingerprint density at radius 3 is 2.54 bits per heavy atom. The molecule has 3 N–H and O–H groups in total. The number of carbonyl (C=O) groups is 1. The van der Waals surface area contributed by atoms with Crippen LogP contribution in [0, 0.1) is 0 Å². The highest BCUT2D eigenvalue weighted by Crippen LogP contribution is 2.31. The number of benzene rings is 2. The molecule has 28 heavy (non-hydrogen) atoms. The Hall–Kier alpha value is -3.48. The third kappa shape index (κ3) is 6.05. The highest BCUT2D eigenvalue weighted by Gasteiger charge is 2.09. The summed E-state index contributed by atoms with van der Waals surface area (Å²) >= 11 is 0. The van der Waals surface area contributed by atoms with Crippen molar-refractivity contribution in [1.82, 2.24) is 5.43 Å². The van der Waals surface area contributed by atoms with Crippen LogP contribution in [0.2, 0.25) is 0 Å². The first kappa shape index (κ1) is 20.8. The summed E-state index contributed by atoms with van der Waals surface area (Å²) in [5.74, 6) is 1.18. The van der Waals surface area contributed by atoms with Crippen molar-refractivity contribution >= 4 is 17.9 Å². The Labute approximate surface area is 164 Å².